The third-order valence-electron chi connectivity index (χ3n) is 2.86. The van der Waals surface area contributed by atoms with Crippen LogP contribution < -0.4 is 4.72 Å². The van der Waals surface area contributed by atoms with Crippen molar-refractivity contribution in [2.75, 3.05) is 4.72 Å². The highest BCUT2D eigenvalue weighted by atomic mass is 32.2. The number of hydrogen-bond acceptors (Lipinski definition) is 3. The molecule has 1 N–H and O–H groups in total. The average Bonchev–Trinajstić information content (AvgIpc) is 2.77. The van der Waals surface area contributed by atoms with Gasteiger partial charge in [0, 0.05) is 18.3 Å². The summed E-state index contributed by atoms with van der Waals surface area (Å²) in [5.74, 6) is -2.16. The highest BCUT2D eigenvalue weighted by molar-refractivity contribution is 7.92. The van der Waals surface area contributed by atoms with Gasteiger partial charge in [-0.2, -0.15) is 5.10 Å². The third-order valence-corrected chi connectivity index (χ3v) is 4.35. The number of nitrogens with zero attached hydrogens (tertiary/aromatic N) is 2. The first-order chi connectivity index (χ1) is 9.70. The van der Waals surface area contributed by atoms with Crippen molar-refractivity contribution in [2.45, 2.75) is 31.7 Å². The summed E-state index contributed by atoms with van der Waals surface area (Å²) < 4.78 is 54.2. The number of aromatic nitrogens is 2. The lowest BCUT2D eigenvalue weighted by atomic mass is 10.3. The van der Waals surface area contributed by atoms with Crippen LogP contribution >= 0.6 is 0 Å². The Hall–Kier alpha value is -1.96. The number of halogens is 2. The molecule has 1 aromatic carbocycles. The molecule has 114 valence electrons. The highest BCUT2D eigenvalue weighted by Crippen LogP contribution is 2.21. The van der Waals surface area contributed by atoms with Crippen LogP contribution in [0.3, 0.4) is 0 Å². The summed E-state index contributed by atoms with van der Waals surface area (Å²) in [5.41, 5.74) is 0.282. The van der Waals surface area contributed by atoms with Crippen LogP contribution in [0.5, 0.6) is 0 Å². The predicted molar refractivity (Wildman–Crippen MR) is 74.5 cm³/mol. The highest BCUT2D eigenvalue weighted by Gasteiger charge is 2.21. The van der Waals surface area contributed by atoms with Gasteiger partial charge in [0.2, 0.25) is 0 Å². The first kappa shape index (κ1) is 15.4. The van der Waals surface area contributed by atoms with Gasteiger partial charge in [-0.1, -0.05) is 0 Å². The summed E-state index contributed by atoms with van der Waals surface area (Å²) in [6.45, 7) is 5.30. The second kappa shape index (κ2) is 5.44. The zero-order valence-corrected chi connectivity index (χ0v) is 12.6. The summed E-state index contributed by atoms with van der Waals surface area (Å²) in [7, 11) is -3.91. The largest absolute Gasteiger partial charge is 0.279 e. The fraction of sp³-hybridized carbons (Fsp3) is 0.308. The Balaban J connectivity index is 2.36. The van der Waals surface area contributed by atoms with Gasteiger partial charge < -0.3 is 0 Å². The van der Waals surface area contributed by atoms with Gasteiger partial charge in [0.15, 0.2) is 11.6 Å². The predicted octanol–water partition coefficient (Wildman–Crippen LogP) is 2.85. The quantitative estimate of drug-likeness (QED) is 0.943. The van der Waals surface area contributed by atoms with E-state index < -0.39 is 21.7 Å². The van der Waals surface area contributed by atoms with Gasteiger partial charge >= 0.3 is 0 Å². The summed E-state index contributed by atoms with van der Waals surface area (Å²) in [5, 5.41) is 4.11. The molecule has 0 aliphatic rings. The first-order valence-corrected chi connectivity index (χ1v) is 7.72. The van der Waals surface area contributed by atoms with Gasteiger partial charge in [0.05, 0.1) is 11.4 Å². The van der Waals surface area contributed by atoms with Crippen LogP contribution in [-0.2, 0) is 10.0 Å². The van der Waals surface area contributed by atoms with Crippen molar-refractivity contribution < 1.29 is 17.2 Å². The minimum Gasteiger partial charge on any atom is -0.279 e. The van der Waals surface area contributed by atoms with Crippen LogP contribution in [0.25, 0.3) is 0 Å². The van der Waals surface area contributed by atoms with Crippen molar-refractivity contribution >= 4 is 15.7 Å². The molecular weight excluding hydrogens is 300 g/mol. The molecule has 0 aliphatic heterocycles. The van der Waals surface area contributed by atoms with Crippen molar-refractivity contribution in [3.05, 3.63) is 41.7 Å². The molecule has 8 heteroatoms. The van der Waals surface area contributed by atoms with Crippen LogP contribution in [0.2, 0.25) is 0 Å². The Kier molecular flexibility index (Phi) is 3.99. The van der Waals surface area contributed by atoms with Gasteiger partial charge in [-0.3, -0.25) is 9.40 Å². The molecule has 2 aromatic rings. The van der Waals surface area contributed by atoms with E-state index in [4.69, 9.17) is 0 Å². The lowest BCUT2D eigenvalue weighted by molar-refractivity contribution is 0.509. The number of nitrogens with one attached hydrogen (secondary N) is 1. The fourth-order valence-electron chi connectivity index (χ4n) is 1.76. The molecular formula is C13H15F2N3O2S. The molecule has 1 heterocycles. The van der Waals surface area contributed by atoms with Crippen molar-refractivity contribution in [1.29, 1.82) is 0 Å². The van der Waals surface area contributed by atoms with Crippen molar-refractivity contribution in [3.8, 4) is 0 Å². The molecule has 0 aliphatic carbocycles. The molecule has 0 fully saturated rings. The molecule has 0 saturated carbocycles. The normalized spacial score (nSPS) is 11.9. The zero-order valence-electron chi connectivity index (χ0n) is 11.8. The van der Waals surface area contributed by atoms with Crippen LogP contribution in [0, 0.1) is 18.6 Å². The van der Waals surface area contributed by atoms with E-state index >= 15 is 0 Å². The molecule has 0 amide bonds. The van der Waals surface area contributed by atoms with Crippen LogP contribution in [0.4, 0.5) is 14.5 Å². The number of benzene rings is 1. The standard InChI is InChI=1S/C13H15F2N3O2S/c1-8(2)18-7-13(9(3)16-18)21(19,20)17-10-4-5-11(14)12(15)6-10/h4-8,17H,1-3H3. The fourth-order valence-corrected chi connectivity index (χ4v) is 2.99. The van der Waals surface area contributed by atoms with Gasteiger partial charge in [0.1, 0.15) is 4.90 Å². The maximum absolute atomic E-state index is 13.1. The Morgan fingerprint density at radius 2 is 1.90 bits per heavy atom. The maximum Gasteiger partial charge on any atom is 0.265 e. The molecule has 0 radical (unpaired) electrons. The van der Waals surface area contributed by atoms with Gasteiger partial charge in [-0.15, -0.1) is 0 Å². The van der Waals surface area contributed by atoms with E-state index in [0.29, 0.717) is 5.69 Å². The van der Waals surface area contributed by atoms with E-state index in [-0.39, 0.29) is 16.6 Å². The van der Waals surface area contributed by atoms with E-state index in [1.165, 1.54) is 10.9 Å². The summed E-state index contributed by atoms with van der Waals surface area (Å²) in [6, 6.07) is 2.81. The number of sulfonamides is 1. The van der Waals surface area contributed by atoms with Crippen molar-refractivity contribution in [2.24, 2.45) is 0 Å². The molecule has 2 rings (SSSR count). The molecule has 0 unspecified atom stereocenters. The van der Waals surface area contributed by atoms with E-state index in [0.717, 1.165) is 18.2 Å². The summed E-state index contributed by atoms with van der Waals surface area (Å²) in [4.78, 5) is 0.000864. The van der Waals surface area contributed by atoms with Gasteiger partial charge in [0.25, 0.3) is 10.0 Å². The topological polar surface area (TPSA) is 64.0 Å². The monoisotopic (exact) mass is 315 g/mol. The van der Waals surface area contributed by atoms with Crippen molar-refractivity contribution in [1.82, 2.24) is 9.78 Å². The zero-order chi connectivity index (χ0) is 15.8. The smallest absolute Gasteiger partial charge is 0.265 e. The maximum atomic E-state index is 13.1. The number of rotatable bonds is 4. The number of anilines is 1. The van der Waals surface area contributed by atoms with Gasteiger partial charge in [-0.25, -0.2) is 17.2 Å². The Morgan fingerprint density at radius 1 is 1.24 bits per heavy atom. The van der Waals surface area contributed by atoms with E-state index in [9.17, 15) is 17.2 Å². The second-order valence-corrected chi connectivity index (χ2v) is 6.54. The minimum absolute atomic E-state index is 0.000864. The molecule has 21 heavy (non-hydrogen) atoms. The Morgan fingerprint density at radius 3 is 2.43 bits per heavy atom. The Labute approximate surface area is 121 Å². The molecule has 0 spiro atoms. The van der Waals surface area contributed by atoms with Crippen LogP contribution in [0.1, 0.15) is 25.6 Å². The lowest BCUT2D eigenvalue weighted by Gasteiger charge is -2.07. The van der Waals surface area contributed by atoms with Crippen LogP contribution in [0.15, 0.2) is 29.3 Å². The number of aryl methyl sites for hydroxylation is 1. The summed E-state index contributed by atoms with van der Waals surface area (Å²) >= 11 is 0. The number of hydrogen-bond donors (Lipinski definition) is 1. The first-order valence-electron chi connectivity index (χ1n) is 6.24. The molecule has 0 atom stereocenters. The summed E-state index contributed by atoms with van der Waals surface area (Å²) in [6.07, 6.45) is 1.40. The van der Waals surface area contributed by atoms with Gasteiger partial charge in [-0.05, 0) is 32.9 Å². The second-order valence-electron chi connectivity index (χ2n) is 4.89. The molecule has 0 saturated heterocycles. The molecule has 5 nitrogen and oxygen atoms in total. The molecule has 1 aromatic heterocycles. The lowest BCUT2D eigenvalue weighted by Crippen LogP contribution is -2.13. The SMILES string of the molecule is Cc1nn(C(C)C)cc1S(=O)(=O)Nc1ccc(F)c(F)c1. The third kappa shape index (κ3) is 3.21. The van der Waals surface area contributed by atoms with E-state index in [1.807, 2.05) is 13.8 Å². The Bertz CT molecular complexity index is 770. The average molecular weight is 315 g/mol. The van der Waals surface area contributed by atoms with E-state index in [1.54, 1.807) is 6.92 Å². The minimum atomic E-state index is -3.91. The van der Waals surface area contributed by atoms with E-state index in [2.05, 4.69) is 9.82 Å². The molecule has 0 bridgehead atoms. The van der Waals surface area contributed by atoms with Crippen molar-refractivity contribution in [3.63, 3.8) is 0 Å². The van der Waals surface area contributed by atoms with Crippen LogP contribution in [-0.4, -0.2) is 18.2 Å².